The van der Waals surface area contributed by atoms with Crippen molar-refractivity contribution in [3.8, 4) is 5.69 Å². The van der Waals surface area contributed by atoms with Crippen LogP contribution < -0.4 is 5.32 Å². The average molecular weight is 414 g/mol. The van der Waals surface area contributed by atoms with Gasteiger partial charge in [-0.2, -0.15) is 5.10 Å². The van der Waals surface area contributed by atoms with E-state index in [1.54, 1.807) is 16.8 Å². The second kappa shape index (κ2) is 8.32. The zero-order valence-corrected chi connectivity index (χ0v) is 18.0. The molecular formula is C21H24FN5OS. The van der Waals surface area contributed by atoms with E-state index in [9.17, 15) is 9.18 Å². The van der Waals surface area contributed by atoms with Crippen molar-refractivity contribution < 1.29 is 9.18 Å². The van der Waals surface area contributed by atoms with E-state index in [0.29, 0.717) is 16.7 Å². The molecule has 0 spiro atoms. The normalized spacial score (nSPS) is 11.5. The highest BCUT2D eigenvalue weighted by atomic mass is 32.2. The monoisotopic (exact) mass is 413 g/mol. The third kappa shape index (κ3) is 5.41. The Hall–Kier alpha value is -2.74. The summed E-state index contributed by atoms with van der Waals surface area (Å²) in [5, 5.41) is 8.10. The van der Waals surface area contributed by atoms with Gasteiger partial charge >= 0.3 is 0 Å². The Bertz CT molecular complexity index is 1000. The van der Waals surface area contributed by atoms with E-state index < -0.39 is 0 Å². The molecule has 0 saturated heterocycles. The molecule has 2 aromatic heterocycles. The standard InChI is InChI=1S/C21H24FN5OS/c1-13-10-14(2)24-20(23-13)29-12-19(28)25-18-11-17(21(3,4)5)26-27(18)16-8-6-15(22)7-9-16/h6-11H,12H2,1-5H3,(H,25,28). The number of carbonyl (C=O) groups excluding carboxylic acids is 1. The number of nitrogens with zero attached hydrogens (tertiary/aromatic N) is 4. The third-order valence-corrected chi connectivity index (χ3v) is 4.96. The number of hydrogen-bond acceptors (Lipinski definition) is 5. The van der Waals surface area contributed by atoms with Crippen LogP contribution in [0.15, 0.2) is 41.6 Å². The van der Waals surface area contributed by atoms with Crippen LogP contribution in [0.1, 0.15) is 37.9 Å². The molecule has 1 aromatic carbocycles. The Morgan fingerprint density at radius 2 is 1.72 bits per heavy atom. The van der Waals surface area contributed by atoms with E-state index >= 15 is 0 Å². The van der Waals surface area contributed by atoms with Gasteiger partial charge in [0.2, 0.25) is 5.91 Å². The number of benzene rings is 1. The highest BCUT2D eigenvalue weighted by Crippen LogP contribution is 2.26. The number of halogens is 1. The van der Waals surface area contributed by atoms with Gasteiger partial charge in [-0.1, -0.05) is 32.5 Å². The minimum Gasteiger partial charge on any atom is -0.310 e. The molecule has 1 N–H and O–H groups in total. The molecule has 0 aliphatic carbocycles. The van der Waals surface area contributed by atoms with Gasteiger partial charge in [-0.25, -0.2) is 19.0 Å². The summed E-state index contributed by atoms with van der Waals surface area (Å²) in [5.74, 6) is 0.185. The van der Waals surface area contributed by atoms with Crippen molar-refractivity contribution in [3.05, 3.63) is 59.3 Å². The van der Waals surface area contributed by atoms with Gasteiger partial charge in [-0.15, -0.1) is 0 Å². The minimum atomic E-state index is -0.326. The SMILES string of the molecule is Cc1cc(C)nc(SCC(=O)Nc2cc(C(C)(C)C)nn2-c2ccc(F)cc2)n1. The smallest absolute Gasteiger partial charge is 0.236 e. The molecule has 0 radical (unpaired) electrons. The summed E-state index contributed by atoms with van der Waals surface area (Å²) in [6.45, 7) is 9.93. The summed E-state index contributed by atoms with van der Waals surface area (Å²) in [6, 6.07) is 9.73. The van der Waals surface area contributed by atoms with Crippen LogP contribution in [0, 0.1) is 19.7 Å². The van der Waals surface area contributed by atoms with E-state index in [0.717, 1.165) is 17.1 Å². The highest BCUT2D eigenvalue weighted by molar-refractivity contribution is 7.99. The fraction of sp³-hybridized carbons (Fsp3) is 0.333. The van der Waals surface area contributed by atoms with E-state index in [1.165, 1.54) is 23.9 Å². The second-order valence-corrected chi connectivity index (χ2v) is 8.77. The number of amides is 1. The maximum absolute atomic E-state index is 13.3. The fourth-order valence-electron chi connectivity index (χ4n) is 2.68. The molecule has 0 aliphatic heterocycles. The number of aryl methyl sites for hydroxylation is 2. The second-order valence-electron chi connectivity index (χ2n) is 7.82. The van der Waals surface area contributed by atoms with Crippen LogP contribution in [-0.2, 0) is 10.2 Å². The number of aromatic nitrogens is 4. The number of nitrogens with one attached hydrogen (secondary N) is 1. The maximum atomic E-state index is 13.3. The lowest BCUT2D eigenvalue weighted by Crippen LogP contribution is -2.17. The molecular weight excluding hydrogens is 389 g/mol. The molecule has 1 amide bonds. The molecule has 0 saturated carbocycles. The van der Waals surface area contributed by atoms with Crippen LogP contribution in [-0.4, -0.2) is 31.4 Å². The van der Waals surface area contributed by atoms with Crippen LogP contribution in [0.3, 0.4) is 0 Å². The third-order valence-electron chi connectivity index (χ3n) is 4.11. The summed E-state index contributed by atoms with van der Waals surface area (Å²) in [7, 11) is 0. The molecule has 0 aliphatic rings. The topological polar surface area (TPSA) is 72.7 Å². The molecule has 0 unspecified atom stereocenters. The van der Waals surface area contributed by atoms with Crippen molar-refractivity contribution in [3.63, 3.8) is 0 Å². The van der Waals surface area contributed by atoms with E-state index in [4.69, 9.17) is 0 Å². The molecule has 0 bridgehead atoms. The van der Waals surface area contributed by atoms with Gasteiger partial charge < -0.3 is 5.32 Å². The van der Waals surface area contributed by atoms with Gasteiger partial charge in [-0.05, 0) is 44.2 Å². The quantitative estimate of drug-likeness (QED) is 0.494. The average Bonchev–Trinajstić information content (AvgIpc) is 3.04. The van der Waals surface area contributed by atoms with Gasteiger partial charge in [-0.3, -0.25) is 4.79 Å². The van der Waals surface area contributed by atoms with E-state index in [1.807, 2.05) is 46.8 Å². The number of carbonyl (C=O) groups is 1. The lowest BCUT2D eigenvalue weighted by atomic mass is 9.92. The van der Waals surface area contributed by atoms with Crippen molar-refractivity contribution in [1.29, 1.82) is 0 Å². The van der Waals surface area contributed by atoms with Crippen molar-refractivity contribution in [1.82, 2.24) is 19.7 Å². The van der Waals surface area contributed by atoms with Crippen molar-refractivity contribution in [2.24, 2.45) is 0 Å². The Morgan fingerprint density at radius 3 is 2.31 bits per heavy atom. The van der Waals surface area contributed by atoms with Gasteiger partial charge in [0.25, 0.3) is 0 Å². The Morgan fingerprint density at radius 1 is 1.10 bits per heavy atom. The summed E-state index contributed by atoms with van der Waals surface area (Å²) in [6.07, 6.45) is 0. The number of hydrogen-bond donors (Lipinski definition) is 1. The molecule has 0 atom stereocenters. The van der Waals surface area contributed by atoms with Crippen LogP contribution in [0.2, 0.25) is 0 Å². The first-order valence-corrected chi connectivity index (χ1v) is 10.2. The Labute approximate surface area is 174 Å². The largest absolute Gasteiger partial charge is 0.310 e. The zero-order chi connectivity index (χ0) is 21.2. The van der Waals surface area contributed by atoms with Crippen LogP contribution >= 0.6 is 11.8 Å². The first-order valence-electron chi connectivity index (χ1n) is 9.23. The maximum Gasteiger partial charge on any atom is 0.236 e. The van der Waals surface area contributed by atoms with Gasteiger partial charge in [0.1, 0.15) is 11.6 Å². The summed E-state index contributed by atoms with van der Waals surface area (Å²) < 4.78 is 14.9. The van der Waals surface area contributed by atoms with Crippen molar-refractivity contribution in [2.45, 2.75) is 45.2 Å². The molecule has 6 nitrogen and oxygen atoms in total. The van der Waals surface area contributed by atoms with Crippen molar-refractivity contribution >= 4 is 23.5 Å². The zero-order valence-electron chi connectivity index (χ0n) is 17.2. The van der Waals surface area contributed by atoms with Crippen LogP contribution in [0.4, 0.5) is 10.2 Å². The summed E-state index contributed by atoms with van der Waals surface area (Å²) in [4.78, 5) is 21.2. The molecule has 8 heteroatoms. The van der Waals surface area contributed by atoms with E-state index in [-0.39, 0.29) is 22.9 Å². The number of thioether (sulfide) groups is 1. The summed E-state index contributed by atoms with van der Waals surface area (Å²) in [5.41, 5.74) is 3.02. The van der Waals surface area contributed by atoms with Gasteiger partial charge in [0.05, 0.1) is 17.1 Å². The molecule has 3 rings (SSSR count). The number of rotatable bonds is 5. The molecule has 2 heterocycles. The van der Waals surface area contributed by atoms with Crippen LogP contribution in [0.25, 0.3) is 5.69 Å². The Kier molecular flexibility index (Phi) is 6.02. The minimum absolute atomic E-state index is 0.169. The van der Waals surface area contributed by atoms with E-state index in [2.05, 4.69) is 20.4 Å². The van der Waals surface area contributed by atoms with Gasteiger partial charge in [0, 0.05) is 22.9 Å². The molecule has 0 fully saturated rings. The van der Waals surface area contributed by atoms with Crippen molar-refractivity contribution in [2.75, 3.05) is 11.1 Å². The lowest BCUT2D eigenvalue weighted by molar-refractivity contribution is -0.113. The molecule has 152 valence electrons. The fourth-order valence-corrected chi connectivity index (χ4v) is 3.43. The highest BCUT2D eigenvalue weighted by Gasteiger charge is 2.21. The molecule has 29 heavy (non-hydrogen) atoms. The lowest BCUT2D eigenvalue weighted by Gasteiger charge is -2.14. The van der Waals surface area contributed by atoms with Crippen LogP contribution in [0.5, 0.6) is 0 Å². The summed E-state index contributed by atoms with van der Waals surface area (Å²) >= 11 is 1.28. The Balaban J connectivity index is 1.80. The predicted molar refractivity (Wildman–Crippen MR) is 113 cm³/mol. The predicted octanol–water partition coefficient (Wildman–Crippen LogP) is 4.45. The van der Waals surface area contributed by atoms with Gasteiger partial charge in [0.15, 0.2) is 5.16 Å². The first kappa shape index (κ1) is 21.0. The number of anilines is 1. The molecule has 3 aromatic rings. The first-order chi connectivity index (χ1) is 13.6.